The van der Waals surface area contributed by atoms with Gasteiger partial charge in [-0.25, -0.2) is 0 Å². The lowest BCUT2D eigenvalue weighted by Gasteiger charge is -2.22. The lowest BCUT2D eigenvalue weighted by molar-refractivity contribution is -0.143. The topological polar surface area (TPSA) is 95.9 Å². The van der Waals surface area contributed by atoms with Gasteiger partial charge in [-0.15, -0.1) is 0 Å². The van der Waals surface area contributed by atoms with Crippen molar-refractivity contribution >= 4 is 11.9 Å². The van der Waals surface area contributed by atoms with Crippen molar-refractivity contribution in [3.8, 4) is 0 Å². The Morgan fingerprint density at radius 1 is 0.369 bits per heavy atom. The third kappa shape index (κ3) is 52.1. The smallest absolute Gasteiger partial charge is 0.305 e. The second kappa shape index (κ2) is 55.5. The number of aliphatic hydroxyl groups excluding tert-OH is 2. The van der Waals surface area contributed by atoms with Crippen LogP contribution in [-0.4, -0.2) is 47.4 Å². The van der Waals surface area contributed by atoms with Gasteiger partial charge in [0.15, 0.2) is 0 Å². The Balaban J connectivity index is 3.32. The summed E-state index contributed by atoms with van der Waals surface area (Å²) in [5.74, 6) is -0.0143. The van der Waals surface area contributed by atoms with Crippen LogP contribution >= 0.6 is 0 Å². The average Bonchev–Trinajstić information content (AvgIpc) is 3.31. The molecule has 6 nitrogen and oxygen atoms in total. The highest BCUT2D eigenvalue weighted by Crippen LogP contribution is 2.18. The molecule has 0 aromatic heterocycles. The van der Waals surface area contributed by atoms with Crippen molar-refractivity contribution in [1.29, 1.82) is 0 Å². The zero-order valence-corrected chi connectivity index (χ0v) is 44.3. The molecule has 3 N–H and O–H groups in total. The Morgan fingerprint density at radius 2 is 0.631 bits per heavy atom. The summed E-state index contributed by atoms with van der Waals surface area (Å²) in [5, 5.41) is 23.2. The third-order valence-corrected chi connectivity index (χ3v) is 14.2. The molecule has 0 fully saturated rings. The molecule has 0 radical (unpaired) electrons. The first kappa shape index (κ1) is 63.9. The van der Waals surface area contributed by atoms with Gasteiger partial charge in [0.2, 0.25) is 5.91 Å². The molecule has 0 aliphatic heterocycles. The van der Waals surface area contributed by atoms with E-state index in [1.165, 1.54) is 270 Å². The van der Waals surface area contributed by atoms with Gasteiger partial charge in [-0.1, -0.05) is 303 Å². The molecule has 0 aromatic carbocycles. The predicted molar refractivity (Wildman–Crippen MR) is 283 cm³/mol. The van der Waals surface area contributed by atoms with Crippen molar-refractivity contribution in [3.05, 3.63) is 0 Å². The van der Waals surface area contributed by atoms with E-state index >= 15 is 0 Å². The summed E-state index contributed by atoms with van der Waals surface area (Å²) in [6.07, 6.45) is 64.0. The van der Waals surface area contributed by atoms with Crippen LogP contribution in [0.25, 0.3) is 0 Å². The van der Waals surface area contributed by atoms with Crippen LogP contribution in [0, 0.1) is 0 Å². The van der Waals surface area contributed by atoms with E-state index in [2.05, 4.69) is 19.2 Å². The minimum Gasteiger partial charge on any atom is -0.466 e. The Morgan fingerprint density at radius 3 is 0.938 bits per heavy atom. The summed E-state index contributed by atoms with van der Waals surface area (Å²) in [4.78, 5) is 24.4. The number of ether oxygens (including phenoxy) is 1. The van der Waals surface area contributed by atoms with E-state index in [1.54, 1.807) is 0 Å². The van der Waals surface area contributed by atoms with Crippen LogP contribution in [0.5, 0.6) is 0 Å². The average molecular weight is 921 g/mol. The summed E-state index contributed by atoms with van der Waals surface area (Å²) in [7, 11) is 0. The van der Waals surface area contributed by atoms with E-state index in [9.17, 15) is 19.8 Å². The second-order valence-electron chi connectivity index (χ2n) is 20.7. The fourth-order valence-corrected chi connectivity index (χ4v) is 9.58. The first-order valence-electron chi connectivity index (χ1n) is 29.8. The fraction of sp³-hybridized carbons (Fsp3) is 0.966. The van der Waals surface area contributed by atoms with Gasteiger partial charge in [0.1, 0.15) is 0 Å². The Kier molecular flexibility index (Phi) is 54.5. The predicted octanol–water partition coefficient (Wildman–Crippen LogP) is 18.3. The summed E-state index contributed by atoms with van der Waals surface area (Å²) in [5.41, 5.74) is 0. The maximum absolute atomic E-state index is 12.4. The Bertz CT molecular complexity index is 928. The van der Waals surface area contributed by atoms with Crippen LogP contribution in [0.1, 0.15) is 341 Å². The zero-order valence-electron chi connectivity index (χ0n) is 44.3. The van der Waals surface area contributed by atoms with Gasteiger partial charge in [0, 0.05) is 12.8 Å². The maximum atomic E-state index is 12.4. The number of hydrogen-bond donors (Lipinski definition) is 3. The molecule has 0 saturated heterocycles. The minimum atomic E-state index is -0.659. The van der Waals surface area contributed by atoms with Crippen LogP contribution in [0.2, 0.25) is 0 Å². The van der Waals surface area contributed by atoms with E-state index in [4.69, 9.17) is 4.74 Å². The summed E-state index contributed by atoms with van der Waals surface area (Å²) >= 11 is 0. The van der Waals surface area contributed by atoms with Crippen LogP contribution < -0.4 is 5.32 Å². The number of hydrogen-bond acceptors (Lipinski definition) is 5. The highest BCUT2D eigenvalue weighted by atomic mass is 16.5. The van der Waals surface area contributed by atoms with Gasteiger partial charge < -0.3 is 20.3 Å². The molecule has 6 heteroatoms. The van der Waals surface area contributed by atoms with Crippen molar-refractivity contribution < 1.29 is 24.5 Å². The van der Waals surface area contributed by atoms with Crippen molar-refractivity contribution in [2.75, 3.05) is 13.2 Å². The highest BCUT2D eigenvalue weighted by Gasteiger charge is 2.20. The fourth-order valence-electron chi connectivity index (χ4n) is 9.58. The number of rotatable bonds is 56. The van der Waals surface area contributed by atoms with Crippen LogP contribution in [-0.2, 0) is 14.3 Å². The molecule has 0 spiro atoms. The number of unbranched alkanes of at least 4 members (excludes halogenated alkanes) is 45. The number of carbonyl (C=O) groups is 2. The van der Waals surface area contributed by atoms with E-state index in [1.807, 2.05) is 0 Å². The molecule has 0 aromatic rings. The molecular weight excluding hydrogens is 803 g/mol. The zero-order chi connectivity index (χ0) is 47.2. The number of nitrogens with one attached hydrogen (secondary N) is 1. The molecule has 0 heterocycles. The van der Waals surface area contributed by atoms with E-state index in [0.29, 0.717) is 25.9 Å². The Labute approximate surface area is 406 Å². The number of amides is 1. The summed E-state index contributed by atoms with van der Waals surface area (Å²) in [6, 6.07) is -0.537. The van der Waals surface area contributed by atoms with Gasteiger partial charge in [0.05, 0.1) is 25.4 Å². The Hall–Kier alpha value is -1.14. The summed E-state index contributed by atoms with van der Waals surface area (Å²) in [6.45, 7) is 4.96. The van der Waals surface area contributed by atoms with Crippen molar-refractivity contribution in [2.45, 2.75) is 353 Å². The van der Waals surface area contributed by atoms with Gasteiger partial charge >= 0.3 is 5.97 Å². The highest BCUT2D eigenvalue weighted by molar-refractivity contribution is 5.76. The molecule has 0 aliphatic carbocycles. The maximum Gasteiger partial charge on any atom is 0.305 e. The summed E-state index contributed by atoms with van der Waals surface area (Å²) < 4.78 is 5.47. The van der Waals surface area contributed by atoms with Gasteiger partial charge in [-0.2, -0.15) is 0 Å². The SMILES string of the molecule is CCCCCCCCCCCCCC(=O)OCCCCCCCCCCCCCCCCCCCCCCCCCCCCC(=O)NC(CO)C(O)CCCCCCCCCCCCC. The van der Waals surface area contributed by atoms with Crippen LogP contribution in [0.4, 0.5) is 0 Å². The molecule has 65 heavy (non-hydrogen) atoms. The molecule has 388 valence electrons. The quantitative estimate of drug-likeness (QED) is 0.0417. The van der Waals surface area contributed by atoms with Gasteiger partial charge in [-0.05, 0) is 25.7 Å². The van der Waals surface area contributed by atoms with Crippen LogP contribution in [0.15, 0.2) is 0 Å². The number of aliphatic hydroxyl groups is 2. The lowest BCUT2D eigenvalue weighted by Crippen LogP contribution is -2.45. The van der Waals surface area contributed by atoms with E-state index < -0.39 is 12.1 Å². The number of carbonyl (C=O) groups excluding carboxylic acids is 2. The van der Waals surface area contributed by atoms with Crippen molar-refractivity contribution in [1.82, 2.24) is 5.32 Å². The largest absolute Gasteiger partial charge is 0.466 e. The molecule has 0 bridgehead atoms. The molecular formula is C59H117NO5. The standard InChI is InChI=1S/C59H117NO5/c1-3-5-7-9-11-13-31-35-39-43-47-51-57(62)56(55-61)60-58(63)52-48-44-40-36-33-29-27-25-23-21-19-17-15-16-18-20-22-24-26-28-30-34-38-42-46-50-54-65-59(64)53-49-45-41-37-32-14-12-10-8-6-4-2/h56-57,61-62H,3-55H2,1-2H3,(H,60,63). The molecule has 1 amide bonds. The normalized spacial score (nSPS) is 12.5. The molecule has 2 atom stereocenters. The van der Waals surface area contributed by atoms with Gasteiger partial charge in [0.25, 0.3) is 0 Å². The second-order valence-corrected chi connectivity index (χ2v) is 20.7. The van der Waals surface area contributed by atoms with E-state index in [0.717, 1.165) is 38.5 Å². The minimum absolute atomic E-state index is 0.0175. The monoisotopic (exact) mass is 920 g/mol. The number of esters is 1. The molecule has 0 aliphatic rings. The van der Waals surface area contributed by atoms with Crippen molar-refractivity contribution in [3.63, 3.8) is 0 Å². The molecule has 0 saturated carbocycles. The lowest BCUT2D eigenvalue weighted by atomic mass is 10.0. The van der Waals surface area contributed by atoms with Gasteiger partial charge in [-0.3, -0.25) is 9.59 Å². The third-order valence-electron chi connectivity index (χ3n) is 14.2. The first-order valence-corrected chi connectivity index (χ1v) is 29.8. The van der Waals surface area contributed by atoms with Crippen LogP contribution in [0.3, 0.4) is 0 Å². The first-order chi connectivity index (χ1) is 32.0. The molecule has 0 rings (SSSR count). The van der Waals surface area contributed by atoms with Crippen molar-refractivity contribution in [2.24, 2.45) is 0 Å². The molecule has 2 unspecified atom stereocenters. The van der Waals surface area contributed by atoms with E-state index in [-0.39, 0.29) is 18.5 Å².